The lowest BCUT2D eigenvalue weighted by molar-refractivity contribution is -0.145. The van der Waals surface area contributed by atoms with Crippen molar-refractivity contribution in [1.29, 1.82) is 0 Å². The summed E-state index contributed by atoms with van der Waals surface area (Å²) in [4.78, 5) is 36.3. The number of phenolic OH excluding ortho intramolecular Hbond substituents is 1. The second-order valence-corrected chi connectivity index (χ2v) is 12.1. The molecule has 0 spiro atoms. The van der Waals surface area contributed by atoms with E-state index < -0.39 is 0 Å². The molecule has 1 aromatic carbocycles. The van der Waals surface area contributed by atoms with Crippen LogP contribution in [0.2, 0.25) is 0 Å². The molecular formula is C37H58O6. The van der Waals surface area contributed by atoms with Gasteiger partial charge in [-0.2, -0.15) is 0 Å². The van der Waals surface area contributed by atoms with Gasteiger partial charge in [0.2, 0.25) is 0 Å². The molecule has 0 aliphatic heterocycles. The summed E-state index contributed by atoms with van der Waals surface area (Å²) in [6.45, 7) is 7.76. The Hall–Kier alpha value is -2.89. The van der Waals surface area contributed by atoms with Crippen molar-refractivity contribution in [2.24, 2.45) is 0 Å². The Morgan fingerprint density at radius 3 is 1.86 bits per heavy atom. The van der Waals surface area contributed by atoms with Gasteiger partial charge in [-0.15, -0.1) is 0 Å². The minimum absolute atomic E-state index is 0.0139. The van der Waals surface area contributed by atoms with Gasteiger partial charge in [0.15, 0.2) is 12.1 Å². The Bertz CT molecular complexity index is 1030. The summed E-state index contributed by atoms with van der Waals surface area (Å²) in [5, 5.41) is 10.9. The van der Waals surface area contributed by atoms with E-state index in [2.05, 4.69) is 6.92 Å². The van der Waals surface area contributed by atoms with Crippen LogP contribution < -0.4 is 4.74 Å². The number of phenols is 1. The van der Waals surface area contributed by atoms with Crippen LogP contribution in [-0.4, -0.2) is 30.3 Å². The van der Waals surface area contributed by atoms with Crippen molar-refractivity contribution >= 4 is 18.0 Å². The number of methoxy groups -OCH3 is 1. The molecule has 0 unspecified atom stereocenters. The third-order valence-corrected chi connectivity index (χ3v) is 7.76. The summed E-state index contributed by atoms with van der Waals surface area (Å²) in [7, 11) is 1.49. The zero-order chi connectivity index (χ0) is 31.9. The lowest BCUT2D eigenvalue weighted by atomic mass is 9.98. The molecule has 0 saturated carbocycles. The third-order valence-electron chi connectivity index (χ3n) is 7.76. The highest BCUT2D eigenvalue weighted by atomic mass is 16.5. The van der Waals surface area contributed by atoms with Crippen molar-refractivity contribution in [3.05, 3.63) is 46.1 Å². The van der Waals surface area contributed by atoms with E-state index in [4.69, 9.17) is 9.47 Å². The lowest BCUT2D eigenvalue weighted by Crippen LogP contribution is -2.07. The van der Waals surface area contributed by atoms with Gasteiger partial charge >= 0.3 is 5.97 Å². The van der Waals surface area contributed by atoms with Gasteiger partial charge in [-0.25, -0.2) is 0 Å². The van der Waals surface area contributed by atoms with Gasteiger partial charge in [-0.3, -0.25) is 14.4 Å². The summed E-state index contributed by atoms with van der Waals surface area (Å²) in [5.41, 5.74) is 2.73. The fourth-order valence-electron chi connectivity index (χ4n) is 5.25. The average Bonchev–Trinajstić information content (AvgIpc) is 2.96. The number of hydrogen-bond donors (Lipinski definition) is 1. The van der Waals surface area contributed by atoms with Crippen LogP contribution in [0.4, 0.5) is 0 Å². The molecule has 1 aromatic rings. The molecule has 43 heavy (non-hydrogen) atoms. The highest BCUT2D eigenvalue weighted by Gasteiger charge is 2.19. The quantitative estimate of drug-likeness (QED) is 0.0396. The van der Waals surface area contributed by atoms with Crippen molar-refractivity contribution in [3.63, 3.8) is 0 Å². The number of carbonyl (C=O) groups excluding carboxylic acids is 3. The number of unbranched alkanes of at least 4 members (excludes halogenated alkanes) is 14. The zero-order valence-corrected chi connectivity index (χ0v) is 27.7. The van der Waals surface area contributed by atoms with E-state index in [-0.39, 0.29) is 36.1 Å². The van der Waals surface area contributed by atoms with Crippen molar-refractivity contribution in [1.82, 2.24) is 0 Å². The van der Waals surface area contributed by atoms with Crippen LogP contribution in [-0.2, 0) is 27.4 Å². The summed E-state index contributed by atoms with van der Waals surface area (Å²) < 4.78 is 10.9. The minimum Gasteiger partial charge on any atom is -0.507 e. The zero-order valence-electron chi connectivity index (χ0n) is 27.7. The van der Waals surface area contributed by atoms with Gasteiger partial charge < -0.3 is 14.6 Å². The molecule has 0 bridgehead atoms. The standard InChI is InChI=1S/C37H58O6/c1-6-7-8-9-10-11-12-13-14-15-16-17-18-19-20-21-36(40)43-28-31-26-35(42-5)33(37(41)34(31)27-38)23-22-30(4)25-32(39)24-29(2)3/h22,24,26-27,41H,6-21,23,25,28H2,1-5H3/b30-22+. The number of hydrogen-bond acceptors (Lipinski definition) is 6. The predicted octanol–water partition coefficient (Wildman–Crippen LogP) is 9.93. The third kappa shape index (κ3) is 17.1. The SMILES string of the molecule is CCCCCCCCCCCCCCCCCC(=O)OCc1cc(OC)c(C/C=C(\C)CC(=O)C=C(C)C)c(O)c1C=O. The molecule has 0 heterocycles. The molecule has 1 N–H and O–H groups in total. The summed E-state index contributed by atoms with van der Waals surface area (Å²) in [6.07, 6.45) is 23.9. The van der Waals surface area contributed by atoms with Crippen LogP contribution in [0.3, 0.4) is 0 Å². The van der Waals surface area contributed by atoms with Gasteiger partial charge in [-0.1, -0.05) is 114 Å². The Kier molecular flexibility index (Phi) is 20.9. The maximum Gasteiger partial charge on any atom is 0.306 e. The molecular weight excluding hydrogens is 540 g/mol. The first-order chi connectivity index (χ1) is 20.7. The van der Waals surface area contributed by atoms with E-state index >= 15 is 0 Å². The summed E-state index contributed by atoms with van der Waals surface area (Å²) >= 11 is 0. The fraction of sp³-hybridized carbons (Fsp3) is 0.649. The van der Waals surface area contributed by atoms with Gasteiger partial charge in [0.05, 0.1) is 12.7 Å². The first-order valence-corrected chi connectivity index (χ1v) is 16.6. The molecule has 0 atom stereocenters. The van der Waals surface area contributed by atoms with Gasteiger partial charge in [-0.05, 0) is 45.8 Å². The number of allylic oxidation sites excluding steroid dienone is 4. The van der Waals surface area contributed by atoms with E-state index in [1.165, 1.54) is 84.2 Å². The highest BCUT2D eigenvalue weighted by Crippen LogP contribution is 2.35. The van der Waals surface area contributed by atoms with Crippen LogP contribution in [0.15, 0.2) is 29.4 Å². The second-order valence-electron chi connectivity index (χ2n) is 12.1. The molecule has 0 aliphatic carbocycles. The minimum atomic E-state index is -0.311. The Labute approximate surface area is 261 Å². The molecule has 0 aliphatic rings. The van der Waals surface area contributed by atoms with Gasteiger partial charge in [0.25, 0.3) is 0 Å². The number of esters is 1. The van der Waals surface area contributed by atoms with Crippen molar-refractivity contribution in [2.45, 2.75) is 150 Å². The smallest absolute Gasteiger partial charge is 0.306 e. The summed E-state index contributed by atoms with van der Waals surface area (Å²) in [5.74, 6) is -0.0904. The molecule has 0 amide bonds. The van der Waals surface area contributed by atoms with E-state index in [9.17, 15) is 19.5 Å². The van der Waals surface area contributed by atoms with E-state index in [1.54, 1.807) is 12.1 Å². The van der Waals surface area contributed by atoms with Crippen molar-refractivity contribution in [3.8, 4) is 11.5 Å². The number of rotatable bonds is 25. The first-order valence-electron chi connectivity index (χ1n) is 16.6. The Morgan fingerprint density at radius 1 is 0.837 bits per heavy atom. The van der Waals surface area contributed by atoms with Crippen LogP contribution >= 0.6 is 0 Å². The van der Waals surface area contributed by atoms with Gasteiger partial charge in [0.1, 0.15) is 18.1 Å². The van der Waals surface area contributed by atoms with Crippen molar-refractivity contribution < 1.29 is 29.0 Å². The van der Waals surface area contributed by atoms with Crippen LogP contribution in [0.1, 0.15) is 158 Å². The molecule has 0 fully saturated rings. The summed E-state index contributed by atoms with van der Waals surface area (Å²) in [6, 6.07) is 1.64. The van der Waals surface area contributed by atoms with Crippen LogP contribution in [0, 0.1) is 0 Å². The maximum atomic E-state index is 12.3. The van der Waals surface area contributed by atoms with E-state index in [0.717, 1.165) is 30.4 Å². The largest absolute Gasteiger partial charge is 0.507 e. The monoisotopic (exact) mass is 598 g/mol. The van der Waals surface area contributed by atoms with Gasteiger partial charge in [0, 0.05) is 24.0 Å². The molecule has 6 heteroatoms. The maximum absolute atomic E-state index is 12.3. The molecule has 0 radical (unpaired) electrons. The normalized spacial score (nSPS) is 11.3. The number of carbonyl (C=O) groups is 3. The molecule has 6 nitrogen and oxygen atoms in total. The van der Waals surface area contributed by atoms with Crippen LogP contribution in [0.5, 0.6) is 11.5 Å². The molecule has 242 valence electrons. The van der Waals surface area contributed by atoms with E-state index in [0.29, 0.717) is 36.0 Å². The lowest BCUT2D eigenvalue weighted by Gasteiger charge is -2.15. The number of benzene rings is 1. The molecule has 1 rings (SSSR count). The number of aromatic hydroxyl groups is 1. The van der Waals surface area contributed by atoms with Crippen LogP contribution in [0.25, 0.3) is 0 Å². The first kappa shape index (κ1) is 38.1. The Morgan fingerprint density at radius 2 is 1.37 bits per heavy atom. The second kappa shape index (κ2) is 23.6. The Balaban J connectivity index is 2.40. The molecule has 0 saturated heterocycles. The number of ether oxygens (including phenoxy) is 2. The number of aldehydes is 1. The predicted molar refractivity (Wildman–Crippen MR) is 176 cm³/mol. The topological polar surface area (TPSA) is 89.9 Å². The highest BCUT2D eigenvalue weighted by molar-refractivity contribution is 5.91. The van der Waals surface area contributed by atoms with Crippen molar-refractivity contribution in [2.75, 3.05) is 7.11 Å². The average molecular weight is 599 g/mol. The van der Waals surface area contributed by atoms with E-state index in [1.807, 2.05) is 26.8 Å². The fourth-order valence-corrected chi connectivity index (χ4v) is 5.25. The number of ketones is 1. The molecule has 0 aromatic heterocycles.